The first-order valence-corrected chi connectivity index (χ1v) is 5.09. The van der Waals surface area contributed by atoms with Crippen molar-refractivity contribution < 1.29 is 9.66 Å². The zero-order chi connectivity index (χ0) is 13.8. The minimum atomic E-state index is -0.538. The lowest BCUT2D eigenvalue weighted by atomic mass is 10.1. The third kappa shape index (κ3) is 2.45. The van der Waals surface area contributed by atoms with Crippen molar-refractivity contribution in [2.45, 2.75) is 0 Å². The minimum absolute atomic E-state index is 0.159. The van der Waals surface area contributed by atoms with Crippen LogP contribution < -0.4 is 4.74 Å². The van der Waals surface area contributed by atoms with Crippen LogP contribution in [0, 0.1) is 10.1 Å². The average Bonchev–Trinajstić information content (AvgIpc) is 2.87. The van der Waals surface area contributed by atoms with Crippen LogP contribution in [0.25, 0.3) is 21.7 Å². The summed E-state index contributed by atoms with van der Waals surface area (Å²) in [6, 6.07) is 5.94. The standard InChI is InChI=1S/C10H8N6O3/c1-19-9-3-2-6(4-8(9)16(17)18)7-5-10(13-12-7)14-15-11/h2-5H,1H3,(H,12,13). The molecule has 0 fully saturated rings. The van der Waals surface area contributed by atoms with Crippen LogP contribution in [0.4, 0.5) is 11.5 Å². The van der Waals surface area contributed by atoms with E-state index in [1.165, 1.54) is 25.3 Å². The second kappa shape index (κ2) is 5.07. The lowest BCUT2D eigenvalue weighted by molar-refractivity contribution is -0.385. The highest BCUT2D eigenvalue weighted by molar-refractivity contribution is 5.67. The van der Waals surface area contributed by atoms with Crippen LogP contribution in [0.15, 0.2) is 29.4 Å². The fraction of sp³-hybridized carbons (Fsp3) is 0.100. The number of nitrogens with zero attached hydrogens (tertiary/aromatic N) is 5. The Morgan fingerprint density at radius 1 is 1.53 bits per heavy atom. The molecular formula is C10H8N6O3. The summed E-state index contributed by atoms with van der Waals surface area (Å²) in [6.07, 6.45) is 0. The predicted octanol–water partition coefficient (Wildman–Crippen LogP) is 2.94. The van der Waals surface area contributed by atoms with Crippen LogP contribution in [0.5, 0.6) is 5.75 Å². The summed E-state index contributed by atoms with van der Waals surface area (Å²) in [5.41, 5.74) is 9.09. The molecule has 0 amide bonds. The van der Waals surface area contributed by atoms with Gasteiger partial charge in [0.15, 0.2) is 5.75 Å². The quantitative estimate of drug-likeness (QED) is 0.297. The Balaban J connectivity index is 2.47. The fourth-order valence-electron chi connectivity index (χ4n) is 1.55. The maximum absolute atomic E-state index is 10.9. The van der Waals surface area contributed by atoms with Gasteiger partial charge in [-0.25, -0.2) is 0 Å². The number of ether oxygens (including phenoxy) is 1. The SMILES string of the molecule is COc1ccc(-c2cc(N=[N+]=[N-])[nH]n2)cc1[N+](=O)[O-]. The van der Waals surface area contributed by atoms with Gasteiger partial charge in [0.25, 0.3) is 0 Å². The molecule has 19 heavy (non-hydrogen) atoms. The number of aromatic nitrogens is 2. The smallest absolute Gasteiger partial charge is 0.311 e. The number of H-pyrrole nitrogens is 1. The molecule has 2 aromatic rings. The van der Waals surface area contributed by atoms with Crippen molar-refractivity contribution in [3.63, 3.8) is 0 Å². The van der Waals surface area contributed by atoms with Crippen LogP contribution >= 0.6 is 0 Å². The van der Waals surface area contributed by atoms with Gasteiger partial charge in [0.2, 0.25) is 0 Å². The van der Waals surface area contributed by atoms with Crippen molar-refractivity contribution in [2.24, 2.45) is 5.11 Å². The Kier molecular flexibility index (Phi) is 3.31. The maximum atomic E-state index is 10.9. The van der Waals surface area contributed by atoms with E-state index in [0.29, 0.717) is 11.3 Å². The number of rotatable bonds is 4. The van der Waals surface area contributed by atoms with Gasteiger partial charge in [-0.1, -0.05) is 0 Å². The normalized spacial score (nSPS) is 9.74. The molecule has 0 bridgehead atoms. The molecule has 0 atom stereocenters. The van der Waals surface area contributed by atoms with Gasteiger partial charge >= 0.3 is 5.69 Å². The number of nitrogens with one attached hydrogen (secondary N) is 1. The summed E-state index contributed by atoms with van der Waals surface area (Å²) in [7, 11) is 1.36. The lowest BCUT2D eigenvalue weighted by Gasteiger charge is -2.02. The fourth-order valence-corrected chi connectivity index (χ4v) is 1.55. The van der Waals surface area contributed by atoms with Crippen molar-refractivity contribution >= 4 is 11.5 Å². The summed E-state index contributed by atoms with van der Waals surface area (Å²) in [4.78, 5) is 13.0. The number of benzene rings is 1. The van der Waals surface area contributed by atoms with E-state index >= 15 is 0 Å². The molecule has 0 aliphatic heterocycles. The second-order valence-corrected chi connectivity index (χ2v) is 3.47. The van der Waals surface area contributed by atoms with Crippen molar-refractivity contribution in [3.05, 3.63) is 44.8 Å². The second-order valence-electron chi connectivity index (χ2n) is 3.47. The Bertz CT molecular complexity index is 674. The first-order chi connectivity index (χ1) is 9.15. The summed E-state index contributed by atoms with van der Waals surface area (Å²) in [6.45, 7) is 0. The van der Waals surface area contributed by atoms with Gasteiger partial charge < -0.3 is 4.74 Å². The lowest BCUT2D eigenvalue weighted by Crippen LogP contribution is -1.94. The molecule has 0 radical (unpaired) electrons. The number of nitro groups is 1. The summed E-state index contributed by atoms with van der Waals surface area (Å²) < 4.78 is 4.90. The number of nitro benzene ring substituents is 1. The van der Waals surface area contributed by atoms with Crippen LogP contribution in [0.3, 0.4) is 0 Å². The van der Waals surface area contributed by atoms with E-state index in [-0.39, 0.29) is 17.3 Å². The molecule has 1 N–H and O–H groups in total. The van der Waals surface area contributed by atoms with Crippen LogP contribution in [-0.2, 0) is 0 Å². The number of aromatic amines is 1. The first-order valence-electron chi connectivity index (χ1n) is 5.09. The van der Waals surface area contributed by atoms with Crippen LogP contribution in [0.2, 0.25) is 0 Å². The van der Waals surface area contributed by atoms with Gasteiger partial charge in [0.05, 0.1) is 17.7 Å². The van der Waals surface area contributed by atoms with E-state index in [4.69, 9.17) is 10.3 Å². The predicted molar refractivity (Wildman–Crippen MR) is 66.0 cm³/mol. The third-order valence-electron chi connectivity index (χ3n) is 2.39. The Hall–Kier alpha value is -3.06. The van der Waals surface area contributed by atoms with Gasteiger partial charge in [-0.2, -0.15) is 5.10 Å². The Morgan fingerprint density at radius 2 is 2.32 bits per heavy atom. The van der Waals surface area contributed by atoms with E-state index in [1.54, 1.807) is 6.07 Å². The topological polar surface area (TPSA) is 130 Å². The molecule has 0 aliphatic carbocycles. The average molecular weight is 260 g/mol. The highest BCUT2D eigenvalue weighted by atomic mass is 16.6. The minimum Gasteiger partial charge on any atom is -0.490 e. The summed E-state index contributed by atoms with van der Waals surface area (Å²) in [5.74, 6) is 0.399. The summed E-state index contributed by atoms with van der Waals surface area (Å²) in [5, 5.41) is 20.7. The number of hydrogen-bond acceptors (Lipinski definition) is 5. The Morgan fingerprint density at radius 3 is 2.95 bits per heavy atom. The van der Waals surface area contributed by atoms with Gasteiger partial charge in [0.1, 0.15) is 5.82 Å². The largest absolute Gasteiger partial charge is 0.490 e. The molecule has 0 unspecified atom stereocenters. The van der Waals surface area contributed by atoms with Crippen molar-refractivity contribution in [1.29, 1.82) is 0 Å². The van der Waals surface area contributed by atoms with Crippen molar-refractivity contribution in [1.82, 2.24) is 10.2 Å². The molecule has 1 heterocycles. The van der Waals surface area contributed by atoms with E-state index in [0.717, 1.165) is 0 Å². The van der Waals surface area contributed by atoms with E-state index in [2.05, 4.69) is 20.2 Å². The van der Waals surface area contributed by atoms with E-state index in [9.17, 15) is 10.1 Å². The molecule has 9 heteroatoms. The molecule has 9 nitrogen and oxygen atoms in total. The van der Waals surface area contributed by atoms with Crippen molar-refractivity contribution in [2.75, 3.05) is 7.11 Å². The number of methoxy groups -OCH3 is 1. The molecule has 2 rings (SSSR count). The monoisotopic (exact) mass is 260 g/mol. The number of hydrogen-bond donors (Lipinski definition) is 1. The highest BCUT2D eigenvalue weighted by Gasteiger charge is 2.16. The highest BCUT2D eigenvalue weighted by Crippen LogP contribution is 2.32. The number of azide groups is 1. The van der Waals surface area contributed by atoms with Crippen LogP contribution in [-0.4, -0.2) is 22.2 Å². The Labute approximate surface area is 106 Å². The molecule has 1 aromatic heterocycles. The zero-order valence-electron chi connectivity index (χ0n) is 9.77. The molecule has 0 spiro atoms. The van der Waals surface area contributed by atoms with Crippen molar-refractivity contribution in [3.8, 4) is 17.0 Å². The van der Waals surface area contributed by atoms with Gasteiger partial charge in [-0.3, -0.25) is 15.2 Å². The summed E-state index contributed by atoms with van der Waals surface area (Å²) >= 11 is 0. The molecule has 0 saturated heterocycles. The van der Waals surface area contributed by atoms with Crippen LogP contribution in [0.1, 0.15) is 0 Å². The third-order valence-corrected chi connectivity index (χ3v) is 2.39. The van der Waals surface area contributed by atoms with E-state index < -0.39 is 4.92 Å². The molecule has 1 aromatic carbocycles. The van der Waals surface area contributed by atoms with Gasteiger partial charge in [-0.05, 0) is 28.8 Å². The molecule has 0 saturated carbocycles. The van der Waals surface area contributed by atoms with Gasteiger partial charge in [0, 0.05) is 16.5 Å². The van der Waals surface area contributed by atoms with E-state index in [1.807, 2.05) is 0 Å². The molecular weight excluding hydrogens is 252 g/mol. The molecule has 96 valence electrons. The maximum Gasteiger partial charge on any atom is 0.311 e. The zero-order valence-corrected chi connectivity index (χ0v) is 9.77. The first kappa shape index (κ1) is 12.4. The van der Waals surface area contributed by atoms with Gasteiger partial charge in [-0.15, -0.1) is 0 Å². The molecule has 0 aliphatic rings.